The minimum Gasteiger partial charge on any atom is -0.466 e. The van der Waals surface area contributed by atoms with Gasteiger partial charge in [0.1, 0.15) is 0 Å². The highest BCUT2D eigenvalue weighted by atomic mass is 16.5. The second-order valence-electron chi connectivity index (χ2n) is 7.55. The summed E-state index contributed by atoms with van der Waals surface area (Å²) in [6.45, 7) is 4.70. The number of ether oxygens (including phenoxy) is 1. The van der Waals surface area contributed by atoms with E-state index in [1.807, 2.05) is 43.3 Å². The number of ketones is 1. The van der Waals surface area contributed by atoms with E-state index in [0.29, 0.717) is 19.6 Å². The molecule has 1 aliphatic carbocycles. The summed E-state index contributed by atoms with van der Waals surface area (Å²) < 4.78 is 4.98. The summed E-state index contributed by atoms with van der Waals surface area (Å²) in [5.74, 6) is 0.0463. The van der Waals surface area contributed by atoms with Crippen LogP contribution in [-0.4, -0.2) is 42.9 Å². The Hall–Kier alpha value is -2.20. The Bertz CT molecular complexity index is 712. The van der Waals surface area contributed by atoms with Gasteiger partial charge < -0.3 is 4.74 Å². The molecule has 0 N–H and O–H groups in total. The molecule has 1 saturated heterocycles. The molecule has 1 spiro atoms. The zero-order chi connectivity index (χ0) is 19.1. The molecule has 1 aromatic rings. The monoisotopic (exact) mass is 367 g/mol. The highest BCUT2D eigenvalue weighted by Gasteiger charge is 2.34. The first kappa shape index (κ1) is 19.6. The predicted molar refractivity (Wildman–Crippen MR) is 107 cm³/mol. The summed E-state index contributed by atoms with van der Waals surface area (Å²) in [5.41, 5.74) is 2.29. The van der Waals surface area contributed by atoms with Crippen LogP contribution in [0.25, 0.3) is 0 Å². The highest BCUT2D eigenvalue weighted by molar-refractivity contribution is 5.97. The van der Waals surface area contributed by atoms with Gasteiger partial charge in [-0.15, -0.1) is 0 Å². The number of hydrogen-bond acceptors (Lipinski definition) is 4. The van der Waals surface area contributed by atoms with Gasteiger partial charge >= 0.3 is 5.97 Å². The van der Waals surface area contributed by atoms with Crippen molar-refractivity contribution >= 4 is 11.8 Å². The van der Waals surface area contributed by atoms with Crippen molar-refractivity contribution in [1.29, 1.82) is 0 Å². The fourth-order valence-corrected chi connectivity index (χ4v) is 3.94. The molecular formula is C23H29NO3. The third-order valence-electron chi connectivity index (χ3n) is 5.71. The Morgan fingerprint density at radius 2 is 1.89 bits per heavy atom. The van der Waals surface area contributed by atoms with Gasteiger partial charge in [0, 0.05) is 5.56 Å². The smallest absolute Gasteiger partial charge is 0.309 e. The van der Waals surface area contributed by atoms with E-state index >= 15 is 0 Å². The van der Waals surface area contributed by atoms with Gasteiger partial charge in [0.2, 0.25) is 0 Å². The van der Waals surface area contributed by atoms with Crippen LogP contribution < -0.4 is 0 Å². The van der Waals surface area contributed by atoms with E-state index in [9.17, 15) is 9.59 Å². The molecule has 0 aromatic heterocycles. The molecule has 0 radical (unpaired) electrons. The standard InChI is InChI=1S/C23H29NO3/c1-2-27-22(26)9-8-19-10-12-23(13-11-19)14-16-24(17-15-23)18-21(25)20-6-4-3-5-7-20/h3-8,10,12H,2,9,11,13-18H2,1H3. The Morgan fingerprint density at radius 3 is 2.52 bits per heavy atom. The Labute approximate surface area is 161 Å². The molecule has 4 nitrogen and oxygen atoms in total. The van der Waals surface area contributed by atoms with E-state index in [1.165, 1.54) is 5.57 Å². The maximum absolute atomic E-state index is 12.4. The Balaban J connectivity index is 1.49. The Kier molecular flexibility index (Phi) is 6.62. The maximum atomic E-state index is 12.4. The lowest BCUT2D eigenvalue weighted by Gasteiger charge is -2.41. The summed E-state index contributed by atoms with van der Waals surface area (Å²) in [4.78, 5) is 26.2. The number of allylic oxidation sites excluding steroid dienone is 3. The number of nitrogens with zero attached hydrogens (tertiary/aromatic N) is 1. The largest absolute Gasteiger partial charge is 0.466 e. The van der Waals surface area contributed by atoms with Crippen LogP contribution in [0.15, 0.2) is 54.1 Å². The lowest BCUT2D eigenvalue weighted by Crippen LogP contribution is -2.42. The van der Waals surface area contributed by atoms with Crippen molar-refractivity contribution in [3.63, 3.8) is 0 Å². The molecular weight excluding hydrogens is 338 g/mol. The van der Waals surface area contributed by atoms with Crippen molar-refractivity contribution in [2.75, 3.05) is 26.2 Å². The highest BCUT2D eigenvalue weighted by Crippen LogP contribution is 2.42. The second-order valence-corrected chi connectivity index (χ2v) is 7.55. The van der Waals surface area contributed by atoms with Gasteiger partial charge in [-0.1, -0.05) is 54.1 Å². The summed E-state index contributed by atoms with van der Waals surface area (Å²) in [6, 6.07) is 9.55. The van der Waals surface area contributed by atoms with Gasteiger partial charge in [0.25, 0.3) is 0 Å². The number of esters is 1. The summed E-state index contributed by atoms with van der Waals surface area (Å²) >= 11 is 0. The quantitative estimate of drug-likeness (QED) is 0.559. The summed E-state index contributed by atoms with van der Waals surface area (Å²) in [5, 5.41) is 0. The number of hydrogen-bond donors (Lipinski definition) is 0. The topological polar surface area (TPSA) is 46.6 Å². The van der Waals surface area contributed by atoms with Crippen molar-refractivity contribution in [2.45, 2.75) is 39.0 Å². The fraction of sp³-hybridized carbons (Fsp3) is 0.478. The molecule has 0 amide bonds. The molecule has 2 aliphatic rings. The summed E-state index contributed by atoms with van der Waals surface area (Å²) in [7, 11) is 0. The molecule has 1 fully saturated rings. The van der Waals surface area contributed by atoms with Crippen LogP contribution in [0.4, 0.5) is 0 Å². The molecule has 0 atom stereocenters. The molecule has 0 unspecified atom stereocenters. The first-order valence-corrected chi connectivity index (χ1v) is 9.95. The van der Waals surface area contributed by atoms with Crippen molar-refractivity contribution in [3.05, 3.63) is 59.7 Å². The molecule has 1 aliphatic heterocycles. The number of rotatable bonds is 6. The first-order valence-electron chi connectivity index (χ1n) is 9.95. The third kappa shape index (κ3) is 5.39. The van der Waals surface area contributed by atoms with Crippen molar-refractivity contribution in [2.24, 2.45) is 5.41 Å². The first-order chi connectivity index (χ1) is 13.1. The van der Waals surface area contributed by atoms with Crippen LogP contribution >= 0.6 is 0 Å². The van der Waals surface area contributed by atoms with Gasteiger partial charge in [-0.05, 0) is 51.1 Å². The number of carbonyl (C=O) groups excluding carboxylic acids is 2. The number of piperidine rings is 1. The zero-order valence-electron chi connectivity index (χ0n) is 16.2. The number of carbonyl (C=O) groups is 2. The molecule has 1 aromatic carbocycles. The van der Waals surface area contributed by atoms with Gasteiger partial charge in [0.15, 0.2) is 5.78 Å². The van der Waals surface area contributed by atoms with E-state index in [-0.39, 0.29) is 17.2 Å². The lowest BCUT2D eigenvalue weighted by molar-refractivity contribution is -0.142. The minimum absolute atomic E-state index is 0.157. The molecule has 0 bridgehead atoms. The van der Waals surface area contributed by atoms with Crippen molar-refractivity contribution in [1.82, 2.24) is 4.90 Å². The van der Waals surface area contributed by atoms with Crippen LogP contribution in [0.5, 0.6) is 0 Å². The minimum atomic E-state index is -0.157. The third-order valence-corrected chi connectivity index (χ3v) is 5.71. The van der Waals surface area contributed by atoms with Crippen LogP contribution in [0.1, 0.15) is 49.4 Å². The van der Waals surface area contributed by atoms with E-state index in [4.69, 9.17) is 4.74 Å². The molecule has 1 heterocycles. The van der Waals surface area contributed by atoms with Gasteiger partial charge in [-0.2, -0.15) is 0 Å². The average Bonchev–Trinajstić information content (AvgIpc) is 2.70. The summed E-state index contributed by atoms with van der Waals surface area (Å²) in [6.07, 6.45) is 11.2. The van der Waals surface area contributed by atoms with Crippen LogP contribution in [0, 0.1) is 5.41 Å². The SMILES string of the molecule is CCOC(=O)CC=C1C=CC2(CC1)CCN(CC(=O)c1ccccc1)CC2. The van der Waals surface area contributed by atoms with E-state index < -0.39 is 0 Å². The average molecular weight is 367 g/mol. The van der Waals surface area contributed by atoms with Crippen LogP contribution in [0.3, 0.4) is 0 Å². The molecule has 144 valence electrons. The number of benzene rings is 1. The normalized spacial score (nSPS) is 20.7. The van der Waals surface area contributed by atoms with E-state index in [1.54, 1.807) is 0 Å². The molecule has 3 rings (SSSR count). The lowest BCUT2D eigenvalue weighted by atomic mass is 9.71. The molecule has 4 heteroatoms. The molecule has 27 heavy (non-hydrogen) atoms. The number of likely N-dealkylation sites (tertiary alicyclic amines) is 1. The molecule has 0 saturated carbocycles. The van der Waals surface area contributed by atoms with E-state index in [0.717, 1.165) is 44.3 Å². The fourth-order valence-electron chi connectivity index (χ4n) is 3.94. The van der Waals surface area contributed by atoms with Crippen molar-refractivity contribution < 1.29 is 14.3 Å². The second kappa shape index (κ2) is 9.14. The Morgan fingerprint density at radius 1 is 1.15 bits per heavy atom. The van der Waals surface area contributed by atoms with Crippen LogP contribution in [-0.2, 0) is 9.53 Å². The van der Waals surface area contributed by atoms with Crippen LogP contribution in [0.2, 0.25) is 0 Å². The van der Waals surface area contributed by atoms with Crippen molar-refractivity contribution in [3.8, 4) is 0 Å². The van der Waals surface area contributed by atoms with Gasteiger partial charge in [0.05, 0.1) is 19.6 Å². The van der Waals surface area contributed by atoms with Gasteiger partial charge in [-0.3, -0.25) is 14.5 Å². The maximum Gasteiger partial charge on any atom is 0.309 e. The van der Waals surface area contributed by atoms with Gasteiger partial charge in [-0.25, -0.2) is 0 Å². The van der Waals surface area contributed by atoms with E-state index in [2.05, 4.69) is 17.1 Å². The number of Topliss-reactive ketones (excluding diaryl/α,β-unsaturated/α-hetero) is 1. The predicted octanol–water partition coefficient (Wildman–Crippen LogP) is 4.18. The zero-order valence-corrected chi connectivity index (χ0v) is 16.2.